The fraction of sp³-hybridized carbons (Fsp3) is 0.353. The highest BCUT2D eigenvalue weighted by atomic mass is 15.2. The Bertz CT molecular complexity index is 568. The summed E-state index contributed by atoms with van der Waals surface area (Å²) in [7, 11) is 0. The molecule has 0 spiro atoms. The topological polar surface area (TPSA) is 15.6 Å². The standard InChI is InChI=1S/C17H20N2/c1-17(2,3)15-7-4-13(5-8-15)14-6-9-16-10-18-12-19(16)11-14/h4-5,7-11H,6,12H2,1-3H3. The molecule has 0 fully saturated rings. The van der Waals surface area contributed by atoms with E-state index < -0.39 is 0 Å². The van der Waals surface area contributed by atoms with Gasteiger partial charge in [-0.05, 0) is 28.5 Å². The van der Waals surface area contributed by atoms with Crippen LogP contribution in [0.1, 0.15) is 38.3 Å². The summed E-state index contributed by atoms with van der Waals surface area (Å²) in [6.07, 6.45) is 7.43. The number of aliphatic imine (C=N–C) groups is 1. The zero-order valence-electron chi connectivity index (χ0n) is 11.9. The van der Waals surface area contributed by atoms with Crippen LogP contribution in [0.25, 0.3) is 5.57 Å². The van der Waals surface area contributed by atoms with Gasteiger partial charge in [-0.15, -0.1) is 0 Å². The number of fused-ring (bicyclic) bond motifs is 1. The highest BCUT2D eigenvalue weighted by Crippen LogP contribution is 2.29. The molecule has 0 atom stereocenters. The minimum absolute atomic E-state index is 0.218. The van der Waals surface area contributed by atoms with Crippen molar-refractivity contribution < 1.29 is 0 Å². The third-order valence-corrected chi connectivity index (χ3v) is 3.75. The lowest BCUT2D eigenvalue weighted by atomic mass is 9.86. The predicted molar refractivity (Wildman–Crippen MR) is 81.0 cm³/mol. The first kappa shape index (κ1) is 12.2. The van der Waals surface area contributed by atoms with Crippen molar-refractivity contribution in [2.24, 2.45) is 4.99 Å². The highest BCUT2D eigenvalue weighted by molar-refractivity contribution is 5.83. The predicted octanol–water partition coefficient (Wildman–Crippen LogP) is 3.96. The van der Waals surface area contributed by atoms with Gasteiger partial charge in [0.05, 0.1) is 5.70 Å². The van der Waals surface area contributed by atoms with Gasteiger partial charge < -0.3 is 4.90 Å². The summed E-state index contributed by atoms with van der Waals surface area (Å²) in [5, 5.41) is 0. The average Bonchev–Trinajstić information content (AvgIpc) is 2.85. The smallest absolute Gasteiger partial charge is 0.114 e. The maximum atomic E-state index is 4.29. The molecule has 1 aromatic rings. The average molecular weight is 252 g/mol. The van der Waals surface area contributed by atoms with Gasteiger partial charge in [0, 0.05) is 12.4 Å². The zero-order valence-corrected chi connectivity index (χ0v) is 11.9. The quantitative estimate of drug-likeness (QED) is 0.738. The van der Waals surface area contributed by atoms with Crippen LogP contribution in [0.15, 0.2) is 47.2 Å². The molecule has 0 saturated carbocycles. The van der Waals surface area contributed by atoms with Crippen LogP contribution in [0, 0.1) is 0 Å². The first-order valence-electron chi connectivity index (χ1n) is 6.82. The van der Waals surface area contributed by atoms with Crippen molar-refractivity contribution in [2.45, 2.75) is 32.6 Å². The number of nitrogens with zero attached hydrogens (tertiary/aromatic N) is 2. The molecular weight excluding hydrogens is 232 g/mol. The maximum absolute atomic E-state index is 4.29. The van der Waals surface area contributed by atoms with Crippen molar-refractivity contribution in [3.05, 3.63) is 53.4 Å². The van der Waals surface area contributed by atoms with Gasteiger partial charge in [0.2, 0.25) is 0 Å². The number of allylic oxidation sites excluding steroid dienone is 3. The van der Waals surface area contributed by atoms with Crippen molar-refractivity contribution in [3.8, 4) is 0 Å². The second-order valence-electron chi connectivity index (χ2n) is 6.24. The molecule has 0 radical (unpaired) electrons. The molecule has 2 aliphatic heterocycles. The van der Waals surface area contributed by atoms with E-state index in [1.807, 2.05) is 6.21 Å². The van der Waals surface area contributed by atoms with E-state index in [4.69, 9.17) is 0 Å². The summed E-state index contributed by atoms with van der Waals surface area (Å²) in [6, 6.07) is 8.97. The second-order valence-corrected chi connectivity index (χ2v) is 6.24. The Hall–Kier alpha value is -1.83. The van der Waals surface area contributed by atoms with E-state index in [1.165, 1.54) is 22.4 Å². The molecule has 2 nitrogen and oxygen atoms in total. The molecule has 2 heteroatoms. The van der Waals surface area contributed by atoms with Crippen LogP contribution >= 0.6 is 0 Å². The van der Waals surface area contributed by atoms with E-state index in [0.717, 1.165) is 13.1 Å². The van der Waals surface area contributed by atoms with Gasteiger partial charge in [0.1, 0.15) is 6.67 Å². The van der Waals surface area contributed by atoms with E-state index in [2.05, 4.69) is 67.2 Å². The summed E-state index contributed by atoms with van der Waals surface area (Å²) in [6.45, 7) is 7.50. The molecule has 1 aromatic carbocycles. The van der Waals surface area contributed by atoms with Crippen LogP contribution < -0.4 is 0 Å². The summed E-state index contributed by atoms with van der Waals surface area (Å²) in [5.41, 5.74) is 5.52. The first-order chi connectivity index (χ1) is 9.04. The van der Waals surface area contributed by atoms with Crippen LogP contribution in [-0.4, -0.2) is 17.8 Å². The molecule has 0 aromatic heterocycles. The van der Waals surface area contributed by atoms with E-state index in [0.29, 0.717) is 0 Å². The van der Waals surface area contributed by atoms with Gasteiger partial charge in [-0.2, -0.15) is 0 Å². The molecule has 3 rings (SSSR count). The van der Waals surface area contributed by atoms with Gasteiger partial charge in [0.15, 0.2) is 0 Å². The summed E-state index contributed by atoms with van der Waals surface area (Å²) < 4.78 is 0. The lowest BCUT2D eigenvalue weighted by Gasteiger charge is -2.22. The minimum atomic E-state index is 0.218. The third-order valence-electron chi connectivity index (χ3n) is 3.75. The molecule has 2 aliphatic rings. The maximum Gasteiger partial charge on any atom is 0.114 e. The van der Waals surface area contributed by atoms with Gasteiger partial charge in [-0.1, -0.05) is 51.1 Å². The zero-order chi connectivity index (χ0) is 13.5. The first-order valence-corrected chi connectivity index (χ1v) is 6.82. The van der Waals surface area contributed by atoms with Crippen LogP contribution in [-0.2, 0) is 5.41 Å². The van der Waals surface area contributed by atoms with E-state index in [-0.39, 0.29) is 5.41 Å². The molecule has 2 heterocycles. The third kappa shape index (κ3) is 2.35. The van der Waals surface area contributed by atoms with E-state index in [9.17, 15) is 0 Å². The molecule has 0 unspecified atom stereocenters. The molecule has 0 bridgehead atoms. The van der Waals surface area contributed by atoms with Crippen molar-refractivity contribution in [3.63, 3.8) is 0 Å². The molecule has 0 N–H and O–H groups in total. The molecule has 0 saturated heterocycles. The Labute approximate surface area is 115 Å². The van der Waals surface area contributed by atoms with E-state index >= 15 is 0 Å². The number of rotatable bonds is 1. The molecular formula is C17H20N2. The van der Waals surface area contributed by atoms with Crippen LogP contribution in [0.5, 0.6) is 0 Å². The monoisotopic (exact) mass is 252 g/mol. The fourth-order valence-electron chi connectivity index (χ4n) is 2.50. The van der Waals surface area contributed by atoms with Gasteiger partial charge in [-0.25, -0.2) is 0 Å². The van der Waals surface area contributed by atoms with Crippen molar-refractivity contribution in [1.29, 1.82) is 0 Å². The summed E-state index contributed by atoms with van der Waals surface area (Å²) in [4.78, 5) is 6.50. The summed E-state index contributed by atoms with van der Waals surface area (Å²) >= 11 is 0. The van der Waals surface area contributed by atoms with Crippen molar-refractivity contribution in [1.82, 2.24) is 4.90 Å². The van der Waals surface area contributed by atoms with Gasteiger partial charge in [0.25, 0.3) is 0 Å². The van der Waals surface area contributed by atoms with Gasteiger partial charge >= 0.3 is 0 Å². The Balaban J connectivity index is 1.84. The van der Waals surface area contributed by atoms with Crippen molar-refractivity contribution in [2.75, 3.05) is 6.67 Å². The largest absolute Gasteiger partial charge is 0.327 e. The molecule has 98 valence electrons. The van der Waals surface area contributed by atoms with Crippen molar-refractivity contribution >= 4 is 11.8 Å². The number of hydrogen-bond donors (Lipinski definition) is 0. The molecule has 0 amide bonds. The summed E-state index contributed by atoms with van der Waals surface area (Å²) in [5.74, 6) is 0. The number of benzene rings is 1. The van der Waals surface area contributed by atoms with Crippen LogP contribution in [0.3, 0.4) is 0 Å². The molecule has 0 aliphatic carbocycles. The Kier molecular flexibility index (Phi) is 2.81. The normalized spacial score (nSPS) is 18.2. The lowest BCUT2D eigenvalue weighted by molar-refractivity contribution is 0.523. The molecule has 19 heavy (non-hydrogen) atoms. The van der Waals surface area contributed by atoms with Crippen LogP contribution in [0.4, 0.5) is 0 Å². The Morgan fingerprint density at radius 2 is 1.84 bits per heavy atom. The number of hydrogen-bond acceptors (Lipinski definition) is 2. The van der Waals surface area contributed by atoms with Gasteiger partial charge in [-0.3, -0.25) is 4.99 Å². The SMILES string of the molecule is CC(C)(C)c1ccc(C2=CN3CN=CC3=CC2)cc1. The lowest BCUT2D eigenvalue weighted by Crippen LogP contribution is -2.15. The van der Waals surface area contributed by atoms with E-state index in [1.54, 1.807) is 0 Å². The Morgan fingerprint density at radius 1 is 1.11 bits per heavy atom. The Morgan fingerprint density at radius 3 is 2.53 bits per heavy atom. The minimum Gasteiger partial charge on any atom is -0.327 e. The van der Waals surface area contributed by atoms with Crippen LogP contribution in [0.2, 0.25) is 0 Å². The fourth-order valence-corrected chi connectivity index (χ4v) is 2.50. The highest BCUT2D eigenvalue weighted by Gasteiger charge is 2.17. The second kappa shape index (κ2) is 4.37.